The van der Waals surface area contributed by atoms with Crippen LogP contribution in [0.25, 0.3) is 0 Å². The van der Waals surface area contributed by atoms with E-state index in [0.717, 1.165) is 5.92 Å². The number of hydrogen-bond donors (Lipinski definition) is 1. The Hall–Kier alpha value is -1.60. The van der Waals surface area contributed by atoms with E-state index >= 15 is 0 Å². The Balaban J connectivity index is 1.92. The number of rotatable bonds is 4. The fourth-order valence-corrected chi connectivity index (χ4v) is 3.82. The van der Waals surface area contributed by atoms with Crippen molar-refractivity contribution in [3.8, 4) is 0 Å². The zero-order valence-corrected chi connectivity index (χ0v) is 12.6. The number of benzene rings is 2. The summed E-state index contributed by atoms with van der Waals surface area (Å²) in [5.74, 6) is 1.16. The molecule has 110 valence electrons. The van der Waals surface area contributed by atoms with Crippen LogP contribution in [0.3, 0.4) is 0 Å². The fourth-order valence-electron chi connectivity index (χ4n) is 3.82. The van der Waals surface area contributed by atoms with Crippen molar-refractivity contribution in [3.63, 3.8) is 0 Å². The highest BCUT2D eigenvalue weighted by Crippen LogP contribution is 2.42. The fraction of sp³-hybridized carbons (Fsp3) is 0.400. The van der Waals surface area contributed by atoms with Crippen LogP contribution < -0.4 is 5.73 Å². The second-order valence-corrected chi connectivity index (χ2v) is 6.27. The molecule has 0 radical (unpaired) electrons. The van der Waals surface area contributed by atoms with Crippen LogP contribution >= 0.6 is 0 Å². The molecule has 0 saturated heterocycles. The lowest BCUT2D eigenvalue weighted by Gasteiger charge is -2.35. The highest BCUT2D eigenvalue weighted by Gasteiger charge is 2.30. The maximum absolute atomic E-state index is 6.70. The van der Waals surface area contributed by atoms with Crippen LogP contribution in [0, 0.1) is 5.92 Å². The first-order valence-corrected chi connectivity index (χ1v) is 8.22. The Morgan fingerprint density at radius 2 is 1.24 bits per heavy atom. The molecule has 2 atom stereocenters. The Kier molecular flexibility index (Phi) is 4.72. The first kappa shape index (κ1) is 14.3. The van der Waals surface area contributed by atoms with Crippen molar-refractivity contribution >= 4 is 0 Å². The summed E-state index contributed by atoms with van der Waals surface area (Å²) in [6, 6.07) is 21.6. The molecular formula is C20H25N. The summed E-state index contributed by atoms with van der Waals surface area (Å²) < 4.78 is 0. The highest BCUT2D eigenvalue weighted by atomic mass is 14.7. The zero-order valence-electron chi connectivity index (χ0n) is 12.6. The van der Waals surface area contributed by atoms with Gasteiger partial charge in [-0.1, -0.05) is 79.9 Å². The van der Waals surface area contributed by atoms with Crippen LogP contribution in [0.4, 0.5) is 0 Å². The van der Waals surface area contributed by atoms with Gasteiger partial charge in [0.1, 0.15) is 0 Å². The Morgan fingerprint density at radius 1 is 0.714 bits per heavy atom. The number of nitrogens with two attached hydrogens (primary N) is 1. The third-order valence-corrected chi connectivity index (χ3v) is 4.91. The van der Waals surface area contributed by atoms with Gasteiger partial charge in [0.2, 0.25) is 0 Å². The normalized spacial score (nSPS) is 19.1. The van der Waals surface area contributed by atoms with Crippen molar-refractivity contribution in [2.45, 2.75) is 44.1 Å². The lowest BCUT2D eigenvalue weighted by Crippen LogP contribution is -2.27. The van der Waals surface area contributed by atoms with Gasteiger partial charge in [0.05, 0.1) is 0 Å². The van der Waals surface area contributed by atoms with Gasteiger partial charge in [-0.05, 0) is 29.9 Å². The largest absolute Gasteiger partial charge is 0.323 e. The second kappa shape index (κ2) is 6.91. The molecule has 1 nitrogen and oxygen atoms in total. The summed E-state index contributed by atoms with van der Waals surface area (Å²) in [4.78, 5) is 0. The van der Waals surface area contributed by atoms with Crippen molar-refractivity contribution in [1.29, 1.82) is 0 Å². The van der Waals surface area contributed by atoms with Crippen molar-refractivity contribution < 1.29 is 0 Å². The van der Waals surface area contributed by atoms with E-state index in [0.29, 0.717) is 5.92 Å². The van der Waals surface area contributed by atoms with E-state index < -0.39 is 0 Å². The van der Waals surface area contributed by atoms with Crippen molar-refractivity contribution in [2.75, 3.05) is 0 Å². The molecule has 1 fully saturated rings. The Labute approximate surface area is 128 Å². The third kappa shape index (κ3) is 3.36. The Morgan fingerprint density at radius 3 is 1.81 bits per heavy atom. The topological polar surface area (TPSA) is 26.0 Å². The molecule has 1 saturated carbocycles. The minimum Gasteiger partial charge on any atom is -0.323 e. The molecule has 2 aromatic rings. The molecule has 0 bridgehead atoms. The van der Waals surface area contributed by atoms with Gasteiger partial charge >= 0.3 is 0 Å². The SMILES string of the molecule is N[C@@H](c1ccccc1)[C@H](c1ccccc1)C1CCCCC1. The third-order valence-electron chi connectivity index (χ3n) is 4.91. The minimum absolute atomic E-state index is 0.0942. The highest BCUT2D eigenvalue weighted by molar-refractivity contribution is 5.28. The number of hydrogen-bond acceptors (Lipinski definition) is 1. The van der Waals surface area contributed by atoms with E-state index in [1.54, 1.807) is 0 Å². The van der Waals surface area contributed by atoms with Gasteiger partial charge in [-0.25, -0.2) is 0 Å². The zero-order chi connectivity index (χ0) is 14.5. The van der Waals surface area contributed by atoms with E-state index in [-0.39, 0.29) is 6.04 Å². The van der Waals surface area contributed by atoms with E-state index in [1.165, 1.54) is 43.2 Å². The standard InChI is InChI=1S/C20H25N/c21-20(18-14-8-3-9-15-18)19(16-10-4-1-5-11-16)17-12-6-2-7-13-17/h1,3-5,8-11,14-15,17,19-20H,2,6-7,12-13,21H2/t19-,20+/m1/s1. The molecule has 0 spiro atoms. The molecule has 3 rings (SSSR count). The van der Waals surface area contributed by atoms with Gasteiger partial charge in [0.15, 0.2) is 0 Å². The maximum atomic E-state index is 6.70. The first-order chi connectivity index (χ1) is 10.4. The van der Waals surface area contributed by atoms with Crippen molar-refractivity contribution in [2.24, 2.45) is 11.7 Å². The van der Waals surface area contributed by atoms with Gasteiger partial charge < -0.3 is 5.73 Å². The predicted molar refractivity (Wildman–Crippen MR) is 89.1 cm³/mol. The minimum atomic E-state index is 0.0942. The lowest BCUT2D eigenvalue weighted by molar-refractivity contribution is 0.277. The summed E-state index contributed by atoms with van der Waals surface area (Å²) in [6.45, 7) is 0. The van der Waals surface area contributed by atoms with Crippen LogP contribution in [0.15, 0.2) is 60.7 Å². The first-order valence-electron chi connectivity index (χ1n) is 8.22. The van der Waals surface area contributed by atoms with Crippen LogP contribution in [0.2, 0.25) is 0 Å². The molecule has 0 amide bonds. The quantitative estimate of drug-likeness (QED) is 0.832. The molecule has 1 aliphatic carbocycles. The molecule has 2 N–H and O–H groups in total. The Bertz CT molecular complexity index is 528. The van der Waals surface area contributed by atoms with Crippen LogP contribution in [-0.2, 0) is 0 Å². The molecule has 0 heterocycles. The van der Waals surface area contributed by atoms with Crippen LogP contribution in [0.5, 0.6) is 0 Å². The van der Waals surface area contributed by atoms with Gasteiger partial charge in [0, 0.05) is 12.0 Å². The molecule has 1 aliphatic rings. The van der Waals surface area contributed by atoms with E-state index in [2.05, 4.69) is 60.7 Å². The predicted octanol–water partition coefficient (Wildman–Crippen LogP) is 5.05. The average Bonchev–Trinajstić information content (AvgIpc) is 2.58. The van der Waals surface area contributed by atoms with Crippen LogP contribution in [0.1, 0.15) is 55.2 Å². The van der Waals surface area contributed by atoms with Crippen molar-refractivity contribution in [3.05, 3.63) is 71.8 Å². The lowest BCUT2D eigenvalue weighted by atomic mass is 9.72. The molecular weight excluding hydrogens is 254 g/mol. The van der Waals surface area contributed by atoms with Gasteiger partial charge in [-0.3, -0.25) is 0 Å². The summed E-state index contributed by atoms with van der Waals surface area (Å²) in [7, 11) is 0. The molecule has 0 aliphatic heterocycles. The molecule has 0 unspecified atom stereocenters. The average molecular weight is 279 g/mol. The summed E-state index contributed by atoms with van der Waals surface area (Å²) in [6.07, 6.45) is 6.74. The van der Waals surface area contributed by atoms with Gasteiger partial charge in [0.25, 0.3) is 0 Å². The van der Waals surface area contributed by atoms with E-state index in [9.17, 15) is 0 Å². The van der Waals surface area contributed by atoms with Crippen LogP contribution in [-0.4, -0.2) is 0 Å². The van der Waals surface area contributed by atoms with E-state index in [4.69, 9.17) is 5.73 Å². The summed E-state index contributed by atoms with van der Waals surface area (Å²) >= 11 is 0. The van der Waals surface area contributed by atoms with Gasteiger partial charge in [-0.2, -0.15) is 0 Å². The summed E-state index contributed by atoms with van der Waals surface area (Å²) in [5, 5.41) is 0. The monoisotopic (exact) mass is 279 g/mol. The molecule has 2 aromatic carbocycles. The van der Waals surface area contributed by atoms with Crippen molar-refractivity contribution in [1.82, 2.24) is 0 Å². The van der Waals surface area contributed by atoms with Gasteiger partial charge in [-0.15, -0.1) is 0 Å². The smallest absolute Gasteiger partial charge is 0.0367 e. The molecule has 21 heavy (non-hydrogen) atoms. The molecule has 0 aromatic heterocycles. The maximum Gasteiger partial charge on any atom is 0.0367 e. The van der Waals surface area contributed by atoms with E-state index in [1.807, 2.05) is 0 Å². The summed E-state index contributed by atoms with van der Waals surface area (Å²) in [5.41, 5.74) is 9.37. The molecule has 1 heteroatoms. The second-order valence-electron chi connectivity index (χ2n) is 6.27.